The Morgan fingerprint density at radius 1 is 1.09 bits per heavy atom. The molecule has 0 aliphatic heterocycles. The number of ether oxygens (including phenoxy) is 2. The molecule has 2 aromatic heterocycles. The van der Waals surface area contributed by atoms with Crippen LogP contribution in [0, 0.1) is 13.8 Å². The van der Waals surface area contributed by atoms with Crippen molar-refractivity contribution in [2.45, 2.75) is 20.8 Å². The van der Waals surface area contributed by atoms with Gasteiger partial charge in [-0.15, -0.1) is 0 Å². The number of aromatic nitrogens is 1. The first-order valence-corrected chi connectivity index (χ1v) is 10.3. The number of hydrogen-bond donors (Lipinski definition) is 1. The summed E-state index contributed by atoms with van der Waals surface area (Å²) in [5.74, 6) is 1.31. The van der Waals surface area contributed by atoms with Crippen LogP contribution in [-0.2, 0) is 0 Å². The Morgan fingerprint density at radius 3 is 2.56 bits per heavy atom. The van der Waals surface area contributed by atoms with Crippen molar-refractivity contribution in [2.75, 3.05) is 13.7 Å². The van der Waals surface area contributed by atoms with Crippen molar-refractivity contribution in [1.29, 1.82) is 0 Å². The molecule has 4 aromatic rings. The minimum absolute atomic E-state index is 0.189. The predicted molar refractivity (Wildman–Crippen MR) is 124 cm³/mol. The van der Waals surface area contributed by atoms with E-state index in [9.17, 15) is 4.79 Å². The van der Waals surface area contributed by atoms with Crippen LogP contribution in [0.15, 0.2) is 64.1 Å². The number of benzene rings is 2. The van der Waals surface area contributed by atoms with Gasteiger partial charge in [-0.05, 0) is 75.4 Å². The second-order valence-electron chi connectivity index (χ2n) is 7.30. The molecule has 4 rings (SSSR count). The summed E-state index contributed by atoms with van der Waals surface area (Å²) in [4.78, 5) is 12.5. The molecule has 164 valence electrons. The first kappa shape index (κ1) is 21.2. The first-order valence-electron chi connectivity index (χ1n) is 10.3. The third kappa shape index (κ3) is 4.23. The Morgan fingerprint density at radius 2 is 1.84 bits per heavy atom. The average Bonchev–Trinajstić information content (AvgIpc) is 3.34. The zero-order valence-corrected chi connectivity index (χ0v) is 18.5. The van der Waals surface area contributed by atoms with Gasteiger partial charge < -0.3 is 18.5 Å². The van der Waals surface area contributed by atoms with E-state index >= 15 is 0 Å². The van der Waals surface area contributed by atoms with E-state index in [0.29, 0.717) is 12.2 Å². The van der Waals surface area contributed by atoms with Crippen molar-refractivity contribution in [3.63, 3.8) is 0 Å². The normalized spacial score (nSPS) is 11.2. The van der Waals surface area contributed by atoms with E-state index in [1.807, 2.05) is 63.2 Å². The van der Waals surface area contributed by atoms with Gasteiger partial charge in [-0.2, -0.15) is 5.10 Å². The quantitative estimate of drug-likeness (QED) is 0.330. The lowest BCUT2D eigenvalue weighted by atomic mass is 10.2. The summed E-state index contributed by atoms with van der Waals surface area (Å²) in [6.45, 7) is 6.53. The minimum atomic E-state index is -0.417. The number of carbonyl (C=O) groups excluding carboxylic acids is 1. The number of aryl methyl sites for hydroxylation is 1. The average molecular weight is 431 g/mol. The number of carbonyl (C=O) groups is 1. The predicted octanol–water partition coefficient (Wildman–Crippen LogP) is 5.01. The number of methoxy groups -OCH3 is 1. The Kier molecular flexibility index (Phi) is 5.98. The highest BCUT2D eigenvalue weighted by molar-refractivity contribution is 5.96. The fourth-order valence-corrected chi connectivity index (χ4v) is 3.65. The molecule has 0 aliphatic carbocycles. The Labute approximate surface area is 186 Å². The van der Waals surface area contributed by atoms with E-state index in [1.54, 1.807) is 25.5 Å². The molecule has 0 spiro atoms. The van der Waals surface area contributed by atoms with Crippen molar-refractivity contribution in [3.05, 3.63) is 77.3 Å². The van der Waals surface area contributed by atoms with Gasteiger partial charge in [0, 0.05) is 28.0 Å². The molecular weight excluding hydrogens is 406 g/mol. The van der Waals surface area contributed by atoms with Crippen LogP contribution in [0.2, 0.25) is 0 Å². The number of fused-ring (bicyclic) bond motifs is 1. The molecule has 0 aliphatic rings. The largest absolute Gasteiger partial charge is 0.497 e. The van der Waals surface area contributed by atoms with Crippen LogP contribution in [0.4, 0.5) is 0 Å². The highest BCUT2D eigenvalue weighted by atomic mass is 16.5. The van der Waals surface area contributed by atoms with Gasteiger partial charge in [0.1, 0.15) is 17.1 Å². The zero-order valence-electron chi connectivity index (χ0n) is 18.5. The lowest BCUT2D eigenvalue weighted by Gasteiger charge is -2.10. The first-order chi connectivity index (χ1) is 15.5. The maximum absolute atomic E-state index is 12.5. The summed E-state index contributed by atoms with van der Waals surface area (Å²) >= 11 is 0. The summed E-state index contributed by atoms with van der Waals surface area (Å²) in [7, 11) is 1.65. The van der Waals surface area contributed by atoms with Crippen LogP contribution in [0.5, 0.6) is 11.5 Å². The van der Waals surface area contributed by atoms with Gasteiger partial charge in [-0.1, -0.05) is 0 Å². The van der Waals surface area contributed by atoms with Gasteiger partial charge in [-0.3, -0.25) is 4.79 Å². The van der Waals surface area contributed by atoms with Gasteiger partial charge in [0.05, 0.1) is 19.9 Å². The number of hydrogen-bond acceptors (Lipinski definition) is 5. The molecule has 7 heteroatoms. The Hall–Kier alpha value is -4.00. The summed E-state index contributed by atoms with van der Waals surface area (Å²) in [5, 5.41) is 4.93. The van der Waals surface area contributed by atoms with E-state index in [2.05, 4.69) is 15.1 Å². The van der Waals surface area contributed by atoms with E-state index < -0.39 is 5.91 Å². The maximum Gasteiger partial charge on any atom is 0.307 e. The summed E-state index contributed by atoms with van der Waals surface area (Å²) in [6.07, 6.45) is 1.64. The topological polar surface area (TPSA) is 78.0 Å². The lowest BCUT2D eigenvalue weighted by Crippen LogP contribution is -2.16. The zero-order chi connectivity index (χ0) is 22.7. The van der Waals surface area contributed by atoms with Crippen molar-refractivity contribution in [2.24, 2.45) is 5.10 Å². The van der Waals surface area contributed by atoms with Crippen molar-refractivity contribution >= 4 is 23.1 Å². The summed E-state index contributed by atoms with van der Waals surface area (Å²) in [5.41, 5.74) is 7.16. The van der Waals surface area contributed by atoms with Crippen molar-refractivity contribution in [1.82, 2.24) is 9.99 Å². The molecular formula is C25H25N3O4. The lowest BCUT2D eigenvalue weighted by molar-refractivity contribution is 0.0929. The molecule has 2 heterocycles. The number of furan rings is 1. The maximum atomic E-state index is 12.5. The fourth-order valence-electron chi connectivity index (χ4n) is 3.65. The highest BCUT2D eigenvalue weighted by Gasteiger charge is 2.13. The molecule has 0 bridgehead atoms. The van der Waals surface area contributed by atoms with Gasteiger partial charge in [0.2, 0.25) is 0 Å². The fraction of sp³-hybridized carbons (Fsp3) is 0.200. The van der Waals surface area contributed by atoms with Crippen LogP contribution < -0.4 is 14.9 Å². The molecule has 32 heavy (non-hydrogen) atoms. The summed E-state index contributed by atoms with van der Waals surface area (Å²) < 4.78 is 18.5. The van der Waals surface area contributed by atoms with Crippen LogP contribution in [0.25, 0.3) is 16.7 Å². The second kappa shape index (κ2) is 9.01. The van der Waals surface area contributed by atoms with Gasteiger partial charge in [0.15, 0.2) is 5.76 Å². The standard InChI is InChI=1S/C25H25N3O4/c1-5-31-22-10-11-23-18(13-22)14-24(32-23)25(29)27-26-15-19-12-16(2)28(17(19)3)20-6-8-21(30-4)9-7-20/h6-15H,5H2,1-4H3,(H,27,29)/b26-15+. The Bertz CT molecular complexity index is 1280. The van der Waals surface area contributed by atoms with Crippen LogP contribution in [0.3, 0.4) is 0 Å². The SMILES string of the molecule is CCOc1ccc2oc(C(=O)N/N=C/c3cc(C)n(-c4ccc(OC)cc4)c3C)cc2c1. The molecule has 0 saturated heterocycles. The number of rotatable bonds is 7. The molecule has 0 unspecified atom stereocenters. The van der Waals surface area contributed by atoms with Crippen LogP contribution in [-0.4, -0.2) is 30.4 Å². The monoisotopic (exact) mass is 431 g/mol. The van der Waals surface area contributed by atoms with E-state index in [0.717, 1.165) is 39.5 Å². The van der Waals surface area contributed by atoms with E-state index in [1.165, 1.54) is 0 Å². The molecule has 1 N–H and O–H groups in total. The molecule has 0 fully saturated rings. The van der Waals surface area contributed by atoms with Crippen LogP contribution in [0.1, 0.15) is 34.4 Å². The second-order valence-corrected chi connectivity index (χ2v) is 7.30. The van der Waals surface area contributed by atoms with Gasteiger partial charge in [0.25, 0.3) is 0 Å². The van der Waals surface area contributed by atoms with Gasteiger partial charge >= 0.3 is 5.91 Å². The molecule has 0 saturated carbocycles. The number of nitrogens with one attached hydrogen (secondary N) is 1. The Balaban J connectivity index is 1.49. The third-order valence-electron chi connectivity index (χ3n) is 5.19. The number of amides is 1. The molecule has 2 aromatic carbocycles. The van der Waals surface area contributed by atoms with Gasteiger partial charge in [-0.25, -0.2) is 5.43 Å². The minimum Gasteiger partial charge on any atom is -0.497 e. The van der Waals surface area contributed by atoms with Crippen molar-refractivity contribution < 1.29 is 18.7 Å². The smallest absolute Gasteiger partial charge is 0.307 e. The van der Waals surface area contributed by atoms with Crippen molar-refractivity contribution in [3.8, 4) is 17.2 Å². The van der Waals surface area contributed by atoms with Crippen LogP contribution >= 0.6 is 0 Å². The molecule has 1 amide bonds. The summed E-state index contributed by atoms with van der Waals surface area (Å²) in [6, 6.07) is 17.0. The highest BCUT2D eigenvalue weighted by Crippen LogP contribution is 2.25. The third-order valence-corrected chi connectivity index (χ3v) is 5.19. The van der Waals surface area contributed by atoms with E-state index in [-0.39, 0.29) is 5.76 Å². The molecule has 0 radical (unpaired) electrons. The number of nitrogens with zero attached hydrogens (tertiary/aromatic N) is 2. The molecule has 0 atom stereocenters. The number of hydrazone groups is 1. The molecule has 7 nitrogen and oxygen atoms in total. The van der Waals surface area contributed by atoms with E-state index in [4.69, 9.17) is 13.9 Å².